The van der Waals surface area contributed by atoms with Gasteiger partial charge in [-0.15, -0.1) is 0 Å². The van der Waals surface area contributed by atoms with Gasteiger partial charge in [-0.05, 0) is 62.4 Å². The van der Waals surface area contributed by atoms with Crippen LogP contribution in [0.5, 0.6) is 0 Å². The third-order valence-electron chi connectivity index (χ3n) is 6.34. The first kappa shape index (κ1) is 22.7. The Morgan fingerprint density at radius 2 is 2.00 bits per heavy atom. The summed E-state index contributed by atoms with van der Waals surface area (Å²) in [5.41, 5.74) is 3.61. The monoisotopic (exact) mass is 447 g/mol. The van der Waals surface area contributed by atoms with Crippen molar-refractivity contribution in [3.63, 3.8) is 0 Å². The molecule has 2 fully saturated rings. The molecule has 8 nitrogen and oxygen atoms in total. The van der Waals surface area contributed by atoms with Crippen molar-refractivity contribution in [1.29, 1.82) is 5.26 Å². The van der Waals surface area contributed by atoms with Crippen LogP contribution in [0, 0.1) is 18.3 Å². The molecule has 8 heteroatoms. The molecule has 0 saturated carbocycles. The van der Waals surface area contributed by atoms with Crippen LogP contribution in [0.3, 0.4) is 0 Å². The first-order valence-electron chi connectivity index (χ1n) is 11.4. The molecular weight excluding hydrogens is 418 g/mol. The predicted octanol–water partition coefficient (Wildman–Crippen LogP) is 3.58. The molecule has 1 aromatic heterocycles. The fourth-order valence-corrected chi connectivity index (χ4v) is 4.36. The zero-order valence-electron chi connectivity index (χ0n) is 18.8. The number of carbonyl (C=O) groups is 2. The molecule has 3 heterocycles. The number of amides is 3. The van der Waals surface area contributed by atoms with Crippen LogP contribution < -0.4 is 10.6 Å². The number of aromatic nitrogens is 1. The number of benzene rings is 1. The maximum absolute atomic E-state index is 13.1. The van der Waals surface area contributed by atoms with Crippen LogP contribution in [-0.4, -0.2) is 54.2 Å². The van der Waals surface area contributed by atoms with E-state index in [0.717, 1.165) is 43.5 Å². The van der Waals surface area contributed by atoms with E-state index < -0.39 is 0 Å². The lowest BCUT2D eigenvalue weighted by atomic mass is 9.92. The number of nitriles is 1. The molecule has 2 aromatic rings. The molecule has 2 saturated heterocycles. The number of ether oxygens (including phenoxy) is 1. The Bertz CT molecular complexity index is 1030. The maximum Gasteiger partial charge on any atom is 0.319 e. The standard InChI is InChI=1S/C25H29N5O3/c1-17-4-6-20(13-23(17)29-25(32)28-21-3-2-12-33-16-21)24(31)30-10-8-19(9-11-30)22-7-5-18(14-26)15-27-22/h4-7,13,15,19,21H,2-3,8-12,16H2,1H3,(H2,28,29,32). The molecule has 2 aliphatic rings. The highest BCUT2D eigenvalue weighted by Gasteiger charge is 2.26. The topological polar surface area (TPSA) is 107 Å². The van der Waals surface area contributed by atoms with Gasteiger partial charge >= 0.3 is 6.03 Å². The van der Waals surface area contributed by atoms with Crippen molar-refractivity contribution >= 4 is 17.6 Å². The highest BCUT2D eigenvalue weighted by atomic mass is 16.5. The average molecular weight is 448 g/mol. The van der Waals surface area contributed by atoms with Gasteiger partial charge in [-0.3, -0.25) is 9.78 Å². The minimum Gasteiger partial charge on any atom is -0.379 e. The third-order valence-corrected chi connectivity index (χ3v) is 6.34. The number of hydrogen-bond donors (Lipinski definition) is 2. The van der Waals surface area contributed by atoms with Gasteiger partial charge in [-0.2, -0.15) is 5.26 Å². The summed E-state index contributed by atoms with van der Waals surface area (Å²) < 4.78 is 5.41. The molecule has 2 aliphatic heterocycles. The first-order chi connectivity index (χ1) is 16.0. The predicted molar refractivity (Wildman–Crippen MR) is 124 cm³/mol. The number of pyridine rings is 1. The normalized spacial score (nSPS) is 18.9. The molecule has 33 heavy (non-hydrogen) atoms. The molecule has 0 aliphatic carbocycles. The molecule has 2 N–H and O–H groups in total. The Hall–Kier alpha value is -3.44. The summed E-state index contributed by atoms with van der Waals surface area (Å²) in [5.74, 6) is 0.245. The van der Waals surface area contributed by atoms with Crippen molar-refractivity contribution in [3.05, 3.63) is 58.9 Å². The molecule has 4 rings (SSSR count). The number of likely N-dealkylation sites (tertiary alicyclic amines) is 1. The summed E-state index contributed by atoms with van der Waals surface area (Å²) >= 11 is 0. The fraction of sp³-hybridized carbons (Fsp3) is 0.440. The number of piperidine rings is 1. The first-order valence-corrected chi connectivity index (χ1v) is 11.4. The Labute approximate surface area is 193 Å². The van der Waals surface area contributed by atoms with Gasteiger partial charge in [0.25, 0.3) is 5.91 Å². The second kappa shape index (κ2) is 10.5. The van der Waals surface area contributed by atoms with Crippen LogP contribution in [-0.2, 0) is 4.74 Å². The quantitative estimate of drug-likeness (QED) is 0.745. The zero-order valence-corrected chi connectivity index (χ0v) is 18.8. The second-order valence-electron chi connectivity index (χ2n) is 8.69. The van der Waals surface area contributed by atoms with E-state index in [9.17, 15) is 9.59 Å². The van der Waals surface area contributed by atoms with Gasteiger partial charge in [0.15, 0.2) is 0 Å². The summed E-state index contributed by atoms with van der Waals surface area (Å²) in [6, 6.07) is 10.9. The number of nitrogens with one attached hydrogen (secondary N) is 2. The molecule has 1 aromatic carbocycles. The molecule has 0 radical (unpaired) electrons. The van der Waals surface area contributed by atoms with Crippen LogP contribution in [0.1, 0.15) is 58.8 Å². The van der Waals surface area contributed by atoms with E-state index in [1.54, 1.807) is 18.3 Å². The van der Waals surface area contributed by atoms with E-state index >= 15 is 0 Å². The van der Waals surface area contributed by atoms with Crippen molar-refractivity contribution in [1.82, 2.24) is 15.2 Å². The second-order valence-corrected chi connectivity index (χ2v) is 8.69. The number of hydrogen-bond acceptors (Lipinski definition) is 5. The van der Waals surface area contributed by atoms with Gasteiger partial charge in [0.05, 0.1) is 18.2 Å². The van der Waals surface area contributed by atoms with Gasteiger partial charge in [-0.1, -0.05) is 6.07 Å². The lowest BCUT2D eigenvalue weighted by molar-refractivity contribution is 0.0712. The summed E-state index contributed by atoms with van der Waals surface area (Å²) in [6.45, 7) is 4.46. The zero-order chi connectivity index (χ0) is 23.2. The minimum absolute atomic E-state index is 0.00996. The summed E-state index contributed by atoms with van der Waals surface area (Å²) in [6.07, 6.45) is 5.09. The molecule has 0 spiro atoms. The van der Waals surface area contributed by atoms with Gasteiger partial charge in [0.1, 0.15) is 6.07 Å². The lowest BCUT2D eigenvalue weighted by Gasteiger charge is -2.32. The number of urea groups is 1. The van der Waals surface area contributed by atoms with E-state index in [4.69, 9.17) is 10.00 Å². The van der Waals surface area contributed by atoms with E-state index in [2.05, 4.69) is 21.7 Å². The molecule has 0 bridgehead atoms. The number of carbonyl (C=O) groups excluding carboxylic acids is 2. The van der Waals surface area contributed by atoms with Gasteiger partial charge in [0.2, 0.25) is 0 Å². The van der Waals surface area contributed by atoms with Gasteiger partial charge < -0.3 is 20.3 Å². The van der Waals surface area contributed by atoms with Gasteiger partial charge in [0, 0.05) is 48.8 Å². The van der Waals surface area contributed by atoms with Crippen LogP contribution in [0.25, 0.3) is 0 Å². The molecule has 3 amide bonds. The van der Waals surface area contributed by atoms with E-state index in [-0.39, 0.29) is 23.9 Å². The number of anilines is 1. The van der Waals surface area contributed by atoms with Crippen LogP contribution >= 0.6 is 0 Å². The highest BCUT2D eigenvalue weighted by Crippen LogP contribution is 2.28. The smallest absolute Gasteiger partial charge is 0.319 e. The van der Waals surface area contributed by atoms with E-state index in [1.807, 2.05) is 30.0 Å². The van der Waals surface area contributed by atoms with Crippen LogP contribution in [0.4, 0.5) is 10.5 Å². The molecular formula is C25H29N5O3. The Morgan fingerprint density at radius 3 is 2.67 bits per heavy atom. The maximum atomic E-state index is 13.1. The van der Waals surface area contributed by atoms with Crippen molar-refractivity contribution in [2.45, 2.75) is 44.6 Å². The Kier molecular flexibility index (Phi) is 7.20. The fourth-order valence-electron chi connectivity index (χ4n) is 4.36. The molecule has 172 valence electrons. The van der Waals surface area contributed by atoms with Gasteiger partial charge in [-0.25, -0.2) is 4.79 Å². The lowest BCUT2D eigenvalue weighted by Crippen LogP contribution is -2.42. The van der Waals surface area contributed by atoms with Crippen molar-refractivity contribution < 1.29 is 14.3 Å². The summed E-state index contributed by atoms with van der Waals surface area (Å²) in [7, 11) is 0. The van der Waals surface area contributed by atoms with Crippen LogP contribution in [0.15, 0.2) is 36.5 Å². The number of aryl methyl sites for hydroxylation is 1. The molecule has 1 atom stereocenters. The Balaban J connectivity index is 1.35. The van der Waals surface area contributed by atoms with Crippen LogP contribution in [0.2, 0.25) is 0 Å². The SMILES string of the molecule is Cc1ccc(C(=O)N2CCC(c3ccc(C#N)cn3)CC2)cc1NC(=O)NC1CCCOC1. The highest BCUT2D eigenvalue weighted by molar-refractivity contribution is 5.97. The number of nitrogens with zero attached hydrogens (tertiary/aromatic N) is 3. The van der Waals surface area contributed by atoms with Crippen molar-refractivity contribution in [2.24, 2.45) is 0 Å². The largest absolute Gasteiger partial charge is 0.379 e. The van der Waals surface area contributed by atoms with Crippen molar-refractivity contribution in [2.75, 3.05) is 31.6 Å². The Morgan fingerprint density at radius 1 is 1.18 bits per heavy atom. The van der Waals surface area contributed by atoms with Crippen molar-refractivity contribution in [3.8, 4) is 6.07 Å². The summed E-state index contributed by atoms with van der Waals surface area (Å²) in [4.78, 5) is 31.8. The summed E-state index contributed by atoms with van der Waals surface area (Å²) in [5, 5.41) is 14.8. The number of rotatable bonds is 4. The molecule has 1 unspecified atom stereocenters. The van der Waals surface area contributed by atoms with E-state index in [1.165, 1.54) is 0 Å². The average Bonchev–Trinajstić information content (AvgIpc) is 2.86. The third kappa shape index (κ3) is 5.68. The minimum atomic E-state index is -0.283. The van der Waals surface area contributed by atoms with E-state index in [0.29, 0.717) is 36.5 Å².